The molecule has 1 N–H and O–H groups in total. The van der Waals surface area contributed by atoms with Crippen LogP contribution in [0.15, 0.2) is 79.4 Å². The second kappa shape index (κ2) is 9.66. The molecule has 1 saturated heterocycles. The Morgan fingerprint density at radius 1 is 1.05 bits per heavy atom. The minimum Gasteiger partial charge on any atom is -0.497 e. The van der Waals surface area contributed by atoms with Crippen molar-refractivity contribution < 1.29 is 9.53 Å². The Labute approximate surface area is 220 Å². The van der Waals surface area contributed by atoms with Gasteiger partial charge in [-0.25, -0.2) is 19.3 Å². The van der Waals surface area contributed by atoms with E-state index >= 15 is 0 Å². The molecule has 0 saturated carbocycles. The Bertz CT molecular complexity index is 1560. The third-order valence-corrected chi connectivity index (χ3v) is 7.09. The molecule has 4 heterocycles. The highest BCUT2D eigenvalue weighted by molar-refractivity contribution is 5.94. The number of amides is 2. The fourth-order valence-corrected chi connectivity index (χ4v) is 4.97. The monoisotopic (exact) mass is 507 g/mol. The Hall–Kier alpha value is -4.66. The number of H-pyrrole nitrogens is 1. The van der Waals surface area contributed by atoms with Crippen LogP contribution in [0.2, 0.25) is 0 Å². The molecule has 38 heavy (non-hydrogen) atoms. The van der Waals surface area contributed by atoms with Gasteiger partial charge >= 0.3 is 6.03 Å². The minimum absolute atomic E-state index is 0.00893. The summed E-state index contributed by atoms with van der Waals surface area (Å²) >= 11 is 0. The molecule has 1 fully saturated rings. The number of rotatable bonds is 7. The number of fused-ring (bicyclic) bond motifs is 1. The van der Waals surface area contributed by atoms with Crippen molar-refractivity contribution in [2.45, 2.75) is 26.4 Å². The average molecular weight is 508 g/mol. The van der Waals surface area contributed by atoms with Crippen LogP contribution in [0.4, 0.5) is 10.6 Å². The van der Waals surface area contributed by atoms with E-state index in [4.69, 9.17) is 9.72 Å². The van der Waals surface area contributed by atoms with E-state index in [1.807, 2.05) is 83.0 Å². The molecule has 0 bridgehead atoms. The average Bonchev–Trinajstić information content (AvgIpc) is 3.69. The van der Waals surface area contributed by atoms with E-state index in [0.717, 1.165) is 33.8 Å². The van der Waals surface area contributed by atoms with Crippen LogP contribution in [-0.4, -0.2) is 55.2 Å². The number of carbonyl (C=O) groups is 1. The first kappa shape index (κ1) is 23.7. The van der Waals surface area contributed by atoms with Crippen LogP contribution < -0.4 is 9.64 Å². The van der Waals surface area contributed by atoms with Crippen molar-refractivity contribution in [2.75, 3.05) is 18.6 Å². The number of ether oxygens (including phenoxy) is 1. The highest BCUT2D eigenvalue weighted by atomic mass is 16.5. The summed E-state index contributed by atoms with van der Waals surface area (Å²) in [6.07, 6.45) is 7.23. The zero-order chi connectivity index (χ0) is 26.2. The zero-order valence-corrected chi connectivity index (χ0v) is 21.6. The number of imidazole rings is 1. The predicted octanol–water partition coefficient (Wildman–Crippen LogP) is 5.26. The number of benzene rings is 2. The highest BCUT2D eigenvalue weighted by Gasteiger charge is 2.40. The molecule has 5 aromatic rings. The van der Waals surface area contributed by atoms with Crippen molar-refractivity contribution in [2.24, 2.45) is 5.92 Å². The number of urea groups is 1. The van der Waals surface area contributed by atoms with Crippen LogP contribution in [0.5, 0.6) is 5.75 Å². The molecule has 0 aliphatic carbocycles. The fraction of sp³-hybridized carbons (Fsp3) is 0.241. The van der Waals surface area contributed by atoms with Gasteiger partial charge in [-0.2, -0.15) is 5.10 Å². The lowest BCUT2D eigenvalue weighted by atomic mass is 10.0. The number of anilines is 1. The maximum atomic E-state index is 13.7. The molecular formula is C29H29N7O2. The highest BCUT2D eigenvalue weighted by Crippen LogP contribution is 2.31. The van der Waals surface area contributed by atoms with E-state index in [2.05, 4.69) is 28.9 Å². The van der Waals surface area contributed by atoms with Crippen molar-refractivity contribution in [3.05, 3.63) is 84.9 Å². The van der Waals surface area contributed by atoms with Gasteiger partial charge in [0.25, 0.3) is 0 Å². The SMILES string of the molecule is COc1ccc(CN2C[C@H](C(C)C)N(c3ccn4ncc(-c5ccc(-c6ncc[nH]6)cc5)c4n3)C2=O)cc1. The molecule has 192 valence electrons. The molecule has 6 rings (SSSR count). The van der Waals surface area contributed by atoms with E-state index in [1.54, 1.807) is 17.8 Å². The van der Waals surface area contributed by atoms with E-state index in [-0.39, 0.29) is 18.0 Å². The summed E-state index contributed by atoms with van der Waals surface area (Å²) in [5.41, 5.74) is 4.67. The van der Waals surface area contributed by atoms with Crippen molar-refractivity contribution in [1.29, 1.82) is 0 Å². The standard InChI is InChI=1S/C29H29N7O2/c1-19(2)25-18-34(17-20-4-10-23(38-3)11-5-20)29(37)36(25)26-12-15-35-28(33-26)24(16-32-35)21-6-8-22(9-7-21)27-30-13-14-31-27/h4-16,19,25H,17-18H2,1-3H3,(H,30,31)/t25-/m1/s1. The van der Waals surface area contributed by atoms with E-state index < -0.39 is 0 Å². The molecule has 3 aromatic heterocycles. The number of hydrogen-bond donors (Lipinski definition) is 1. The smallest absolute Gasteiger partial charge is 0.326 e. The molecule has 2 amide bonds. The molecule has 0 radical (unpaired) electrons. The molecule has 1 atom stereocenters. The van der Waals surface area contributed by atoms with Crippen LogP contribution in [0.1, 0.15) is 19.4 Å². The van der Waals surface area contributed by atoms with Gasteiger partial charge in [0.1, 0.15) is 17.4 Å². The number of carbonyl (C=O) groups excluding carboxylic acids is 1. The van der Waals surface area contributed by atoms with E-state index in [1.165, 1.54) is 0 Å². The first-order chi connectivity index (χ1) is 18.5. The van der Waals surface area contributed by atoms with Crippen LogP contribution in [0.3, 0.4) is 0 Å². The first-order valence-corrected chi connectivity index (χ1v) is 12.7. The maximum Gasteiger partial charge on any atom is 0.326 e. The third kappa shape index (κ3) is 4.26. The third-order valence-electron chi connectivity index (χ3n) is 7.09. The molecule has 2 aromatic carbocycles. The van der Waals surface area contributed by atoms with Crippen LogP contribution in [-0.2, 0) is 6.54 Å². The van der Waals surface area contributed by atoms with Gasteiger partial charge in [0, 0.05) is 42.8 Å². The lowest BCUT2D eigenvalue weighted by Crippen LogP contribution is -2.38. The molecule has 9 heteroatoms. The van der Waals surface area contributed by atoms with Crippen LogP contribution in [0.25, 0.3) is 28.2 Å². The van der Waals surface area contributed by atoms with Gasteiger partial charge in [-0.1, -0.05) is 50.2 Å². The van der Waals surface area contributed by atoms with Gasteiger partial charge in [0.05, 0.1) is 19.3 Å². The van der Waals surface area contributed by atoms with Gasteiger partial charge in [0.15, 0.2) is 5.65 Å². The van der Waals surface area contributed by atoms with Crippen molar-refractivity contribution in [3.8, 4) is 28.3 Å². The summed E-state index contributed by atoms with van der Waals surface area (Å²) in [4.78, 5) is 29.8. The Morgan fingerprint density at radius 2 is 1.82 bits per heavy atom. The predicted molar refractivity (Wildman–Crippen MR) is 146 cm³/mol. The quantitative estimate of drug-likeness (QED) is 0.324. The topological polar surface area (TPSA) is 91.7 Å². The second-order valence-corrected chi connectivity index (χ2v) is 9.82. The number of methoxy groups -OCH3 is 1. The summed E-state index contributed by atoms with van der Waals surface area (Å²) in [6, 6.07) is 17.8. The van der Waals surface area contributed by atoms with Crippen LogP contribution >= 0.6 is 0 Å². The lowest BCUT2D eigenvalue weighted by Gasteiger charge is -2.25. The summed E-state index contributed by atoms with van der Waals surface area (Å²) in [6.45, 7) is 5.46. The van der Waals surface area contributed by atoms with Crippen LogP contribution in [0, 0.1) is 5.92 Å². The lowest BCUT2D eigenvalue weighted by molar-refractivity contribution is 0.218. The molecule has 1 aliphatic rings. The minimum atomic E-state index is -0.0414. The number of nitrogens with zero attached hydrogens (tertiary/aromatic N) is 6. The molecule has 9 nitrogen and oxygen atoms in total. The van der Waals surface area contributed by atoms with E-state index in [9.17, 15) is 4.79 Å². The van der Waals surface area contributed by atoms with Gasteiger partial charge in [-0.3, -0.25) is 4.90 Å². The Balaban J connectivity index is 1.31. The molecule has 1 aliphatic heterocycles. The summed E-state index contributed by atoms with van der Waals surface area (Å²) < 4.78 is 7.02. The Morgan fingerprint density at radius 3 is 2.50 bits per heavy atom. The fourth-order valence-electron chi connectivity index (χ4n) is 4.97. The summed E-state index contributed by atoms with van der Waals surface area (Å²) in [5, 5.41) is 4.50. The number of aromatic amines is 1. The van der Waals surface area contributed by atoms with Gasteiger partial charge in [-0.15, -0.1) is 0 Å². The van der Waals surface area contributed by atoms with E-state index in [0.29, 0.717) is 24.6 Å². The number of aromatic nitrogens is 5. The van der Waals surface area contributed by atoms with Gasteiger partial charge in [-0.05, 0) is 35.2 Å². The number of nitrogens with one attached hydrogen (secondary N) is 1. The number of hydrogen-bond acceptors (Lipinski definition) is 5. The molecule has 0 unspecified atom stereocenters. The second-order valence-electron chi connectivity index (χ2n) is 9.82. The molecular weight excluding hydrogens is 478 g/mol. The van der Waals surface area contributed by atoms with Crippen molar-refractivity contribution in [1.82, 2.24) is 29.5 Å². The van der Waals surface area contributed by atoms with Crippen molar-refractivity contribution >= 4 is 17.5 Å². The molecule has 0 spiro atoms. The Kier molecular flexibility index (Phi) is 6.03. The summed E-state index contributed by atoms with van der Waals surface area (Å²) in [7, 11) is 1.65. The zero-order valence-electron chi connectivity index (χ0n) is 21.6. The summed E-state index contributed by atoms with van der Waals surface area (Å²) in [5.74, 6) is 2.51. The first-order valence-electron chi connectivity index (χ1n) is 12.7. The maximum absolute atomic E-state index is 13.7. The van der Waals surface area contributed by atoms with Gasteiger partial charge < -0.3 is 14.6 Å². The largest absolute Gasteiger partial charge is 0.497 e. The van der Waals surface area contributed by atoms with Crippen molar-refractivity contribution in [3.63, 3.8) is 0 Å². The normalized spacial score (nSPS) is 15.7. The van der Waals surface area contributed by atoms with Gasteiger partial charge in [0.2, 0.25) is 0 Å².